The van der Waals surface area contributed by atoms with E-state index in [0.29, 0.717) is 18.9 Å². The number of ether oxygens (including phenoxy) is 2. The molecule has 1 unspecified atom stereocenters. The summed E-state index contributed by atoms with van der Waals surface area (Å²) >= 11 is 0. The molecule has 2 bridgehead atoms. The average molecular weight is 435 g/mol. The predicted molar refractivity (Wildman–Crippen MR) is 121 cm³/mol. The summed E-state index contributed by atoms with van der Waals surface area (Å²) in [6, 6.07) is 12.6. The minimum Gasteiger partial charge on any atom is -0.493 e. The fourth-order valence-electron chi connectivity index (χ4n) is 6.13. The standard InChI is InChI=1S/C26H30N2O4/c29-26(30)28(23-16-27-10-7-17(23)8-11-27)22-9-13-32-25-15-19(3-5-21(22)25)18-4-6-24-20(14-18)2-1-12-31-24/h3-6,14-15,17,22-23H,1-2,7-13,16H2,(H,29,30)/t22?,23-/m1/s1. The van der Waals surface area contributed by atoms with Gasteiger partial charge in [-0.25, -0.2) is 4.79 Å². The number of rotatable bonds is 3. The molecule has 32 heavy (non-hydrogen) atoms. The topological polar surface area (TPSA) is 62.2 Å². The molecule has 0 spiro atoms. The molecular formula is C26H30N2O4. The van der Waals surface area contributed by atoms with Gasteiger partial charge in [-0.2, -0.15) is 0 Å². The first-order chi connectivity index (χ1) is 15.7. The zero-order chi connectivity index (χ0) is 21.7. The monoisotopic (exact) mass is 434 g/mol. The largest absolute Gasteiger partial charge is 0.493 e. The van der Waals surface area contributed by atoms with Crippen molar-refractivity contribution >= 4 is 6.09 Å². The summed E-state index contributed by atoms with van der Waals surface area (Å²) in [5.74, 6) is 2.28. The Bertz CT molecular complexity index is 1030. The van der Waals surface area contributed by atoms with Crippen LogP contribution in [-0.4, -0.2) is 59.9 Å². The summed E-state index contributed by atoms with van der Waals surface area (Å²) in [5.41, 5.74) is 4.50. The summed E-state index contributed by atoms with van der Waals surface area (Å²) in [6.45, 7) is 4.41. The molecule has 1 N–H and O–H groups in total. The Morgan fingerprint density at radius 1 is 0.969 bits per heavy atom. The van der Waals surface area contributed by atoms with Gasteiger partial charge >= 0.3 is 6.09 Å². The molecule has 6 heteroatoms. The lowest BCUT2D eigenvalue weighted by Gasteiger charge is -2.50. The van der Waals surface area contributed by atoms with E-state index in [1.54, 1.807) is 4.90 Å². The molecule has 0 aromatic heterocycles. The number of nitrogens with zero attached hydrogens (tertiary/aromatic N) is 2. The Labute approximate surface area is 188 Å². The van der Waals surface area contributed by atoms with E-state index in [1.165, 1.54) is 5.56 Å². The van der Waals surface area contributed by atoms with Crippen molar-refractivity contribution in [2.24, 2.45) is 5.92 Å². The number of hydrogen-bond donors (Lipinski definition) is 1. The van der Waals surface area contributed by atoms with Crippen molar-refractivity contribution in [3.05, 3.63) is 47.5 Å². The van der Waals surface area contributed by atoms with E-state index >= 15 is 0 Å². The second-order valence-electron chi connectivity index (χ2n) is 9.58. The third-order valence-electron chi connectivity index (χ3n) is 7.80. The Morgan fingerprint density at radius 2 is 1.75 bits per heavy atom. The highest BCUT2D eigenvalue weighted by Gasteiger charge is 2.43. The van der Waals surface area contributed by atoms with Gasteiger partial charge < -0.3 is 19.5 Å². The number of amides is 1. The number of fused-ring (bicyclic) bond motifs is 5. The molecule has 7 rings (SSSR count). The number of carboxylic acid groups (broad SMARTS) is 1. The van der Waals surface area contributed by atoms with Crippen LogP contribution in [0.3, 0.4) is 0 Å². The maximum atomic E-state index is 12.5. The van der Waals surface area contributed by atoms with Crippen molar-refractivity contribution < 1.29 is 19.4 Å². The minimum atomic E-state index is -0.805. The molecule has 2 aromatic carbocycles. The van der Waals surface area contributed by atoms with E-state index in [0.717, 1.165) is 80.1 Å². The maximum Gasteiger partial charge on any atom is 0.408 e. The number of piperidine rings is 3. The first-order valence-corrected chi connectivity index (χ1v) is 11.9. The van der Waals surface area contributed by atoms with E-state index in [1.807, 2.05) is 0 Å². The number of aryl methyl sites for hydroxylation is 1. The lowest BCUT2D eigenvalue weighted by Crippen LogP contribution is -2.59. The van der Waals surface area contributed by atoms with Gasteiger partial charge in [0, 0.05) is 18.5 Å². The minimum absolute atomic E-state index is 0.0753. The molecule has 5 aliphatic rings. The van der Waals surface area contributed by atoms with Gasteiger partial charge in [0.05, 0.1) is 25.3 Å². The second-order valence-corrected chi connectivity index (χ2v) is 9.58. The fraction of sp³-hybridized carbons (Fsp3) is 0.500. The van der Waals surface area contributed by atoms with Crippen LogP contribution >= 0.6 is 0 Å². The Balaban J connectivity index is 1.32. The first-order valence-electron chi connectivity index (χ1n) is 11.9. The lowest BCUT2D eigenvalue weighted by atomic mass is 9.81. The highest BCUT2D eigenvalue weighted by atomic mass is 16.5. The third-order valence-corrected chi connectivity index (χ3v) is 7.80. The van der Waals surface area contributed by atoms with Crippen molar-refractivity contribution in [1.82, 2.24) is 9.80 Å². The zero-order valence-electron chi connectivity index (χ0n) is 18.3. The molecule has 3 fully saturated rings. The number of hydrogen-bond acceptors (Lipinski definition) is 4. The Hall–Kier alpha value is -2.73. The zero-order valence-corrected chi connectivity index (χ0v) is 18.3. The third kappa shape index (κ3) is 3.41. The number of benzene rings is 2. The normalized spacial score (nSPS) is 28.1. The lowest BCUT2D eigenvalue weighted by molar-refractivity contribution is -0.0133. The van der Waals surface area contributed by atoms with Crippen molar-refractivity contribution in [3.63, 3.8) is 0 Å². The molecule has 2 atom stereocenters. The van der Waals surface area contributed by atoms with Gasteiger partial charge in [0.25, 0.3) is 0 Å². The Morgan fingerprint density at radius 3 is 2.53 bits per heavy atom. The predicted octanol–water partition coefficient (Wildman–Crippen LogP) is 4.58. The van der Waals surface area contributed by atoms with E-state index < -0.39 is 6.09 Å². The van der Waals surface area contributed by atoms with Crippen molar-refractivity contribution in [1.29, 1.82) is 0 Å². The van der Waals surface area contributed by atoms with Gasteiger partial charge in [-0.3, -0.25) is 4.90 Å². The molecule has 2 aromatic rings. The molecule has 0 radical (unpaired) electrons. The van der Waals surface area contributed by atoms with Crippen LogP contribution in [-0.2, 0) is 6.42 Å². The highest BCUT2D eigenvalue weighted by molar-refractivity contribution is 5.70. The summed E-state index contributed by atoms with van der Waals surface area (Å²) in [5, 5.41) is 10.2. The Kier molecular flexibility index (Phi) is 4.98. The van der Waals surface area contributed by atoms with Crippen LogP contribution in [0.4, 0.5) is 4.79 Å². The van der Waals surface area contributed by atoms with E-state index in [4.69, 9.17) is 9.47 Å². The molecular weight excluding hydrogens is 404 g/mol. The summed E-state index contributed by atoms with van der Waals surface area (Å²) < 4.78 is 11.8. The van der Waals surface area contributed by atoms with Crippen LogP contribution in [0.25, 0.3) is 11.1 Å². The molecule has 0 aliphatic carbocycles. The first kappa shape index (κ1) is 19.9. The van der Waals surface area contributed by atoms with E-state index in [2.05, 4.69) is 41.3 Å². The van der Waals surface area contributed by atoms with Gasteiger partial charge in [0.1, 0.15) is 11.5 Å². The molecule has 1 amide bonds. The highest BCUT2D eigenvalue weighted by Crippen LogP contribution is 2.43. The molecule has 3 saturated heterocycles. The van der Waals surface area contributed by atoms with Gasteiger partial charge in [0.15, 0.2) is 0 Å². The summed E-state index contributed by atoms with van der Waals surface area (Å²) in [6.07, 6.45) is 4.20. The van der Waals surface area contributed by atoms with Crippen molar-refractivity contribution in [2.45, 2.75) is 44.2 Å². The van der Waals surface area contributed by atoms with E-state index in [9.17, 15) is 9.90 Å². The molecule has 168 valence electrons. The van der Waals surface area contributed by atoms with Crippen LogP contribution < -0.4 is 9.47 Å². The smallest absolute Gasteiger partial charge is 0.408 e. The quantitative estimate of drug-likeness (QED) is 0.766. The van der Waals surface area contributed by atoms with Crippen molar-refractivity contribution in [2.75, 3.05) is 32.8 Å². The van der Waals surface area contributed by atoms with Gasteiger partial charge in [0.2, 0.25) is 0 Å². The van der Waals surface area contributed by atoms with Gasteiger partial charge in [-0.1, -0.05) is 18.2 Å². The average Bonchev–Trinajstić information content (AvgIpc) is 2.84. The van der Waals surface area contributed by atoms with Crippen LogP contribution in [0.1, 0.15) is 42.9 Å². The molecule has 6 nitrogen and oxygen atoms in total. The molecule has 0 saturated carbocycles. The number of carbonyl (C=O) groups is 1. The van der Waals surface area contributed by atoms with E-state index in [-0.39, 0.29) is 12.1 Å². The fourth-order valence-corrected chi connectivity index (χ4v) is 6.13. The maximum absolute atomic E-state index is 12.5. The van der Waals surface area contributed by atoms with Crippen LogP contribution in [0, 0.1) is 5.92 Å². The molecule has 5 aliphatic heterocycles. The van der Waals surface area contributed by atoms with Crippen LogP contribution in [0.5, 0.6) is 11.5 Å². The SMILES string of the molecule is O=C(O)N(C1CCOc2cc(-c3ccc4c(c3)CCCO4)ccc21)[C@@H]1CN2CCC1CC2. The van der Waals surface area contributed by atoms with Gasteiger partial charge in [-0.05, 0) is 79.6 Å². The van der Waals surface area contributed by atoms with Crippen LogP contribution in [0.15, 0.2) is 36.4 Å². The van der Waals surface area contributed by atoms with Crippen molar-refractivity contribution in [3.8, 4) is 22.6 Å². The van der Waals surface area contributed by atoms with Gasteiger partial charge in [-0.15, -0.1) is 0 Å². The summed E-state index contributed by atoms with van der Waals surface area (Å²) in [7, 11) is 0. The summed E-state index contributed by atoms with van der Waals surface area (Å²) in [4.78, 5) is 16.6. The van der Waals surface area contributed by atoms with Crippen LogP contribution in [0.2, 0.25) is 0 Å². The second kappa shape index (κ2) is 8.00. The molecule has 5 heterocycles.